The zero-order valence-corrected chi connectivity index (χ0v) is 22.0. The Morgan fingerprint density at radius 2 is 1.70 bits per heavy atom. The average molecular weight is 469 g/mol. The zero-order valence-electron chi connectivity index (χ0n) is 20.0. The molecule has 176 valence electrons. The van der Waals surface area contributed by atoms with Crippen molar-refractivity contribution < 1.29 is 63.9 Å². The van der Waals surface area contributed by atoms with Crippen molar-refractivity contribution in [2.24, 2.45) is 5.92 Å². The van der Waals surface area contributed by atoms with Gasteiger partial charge in [0.2, 0.25) is 0 Å². The predicted molar refractivity (Wildman–Crippen MR) is 120 cm³/mol. The first-order valence-corrected chi connectivity index (χ1v) is 10.8. The Labute approximate surface area is 218 Å². The van der Waals surface area contributed by atoms with Gasteiger partial charge >= 0.3 is 29.6 Å². The summed E-state index contributed by atoms with van der Waals surface area (Å²) in [6.45, 7) is 6.08. The Kier molecular flexibility index (Phi) is 16.3. The Morgan fingerprint density at radius 1 is 1.06 bits per heavy atom. The number of ether oxygens (including phenoxy) is 2. The van der Waals surface area contributed by atoms with Crippen LogP contribution < -0.4 is 44.1 Å². The zero-order chi connectivity index (χ0) is 23.9. The van der Waals surface area contributed by atoms with E-state index >= 15 is 0 Å². The largest absolute Gasteiger partial charge is 1.00 e. The van der Waals surface area contributed by atoms with E-state index in [1.54, 1.807) is 19.1 Å². The van der Waals surface area contributed by atoms with Crippen molar-refractivity contribution in [2.75, 3.05) is 19.8 Å². The number of aliphatic hydroxyl groups excluding tert-OH is 1. The molecule has 0 aliphatic carbocycles. The Balaban J connectivity index is 0.000000978. The molecule has 0 aromatic heterocycles. The van der Waals surface area contributed by atoms with E-state index in [4.69, 9.17) is 14.6 Å². The molecule has 1 unspecified atom stereocenters. The molecular formula is C25H33NaO7. The molecule has 1 atom stereocenters. The van der Waals surface area contributed by atoms with Crippen molar-refractivity contribution in [3.8, 4) is 17.2 Å². The fraction of sp³-hybridized carbons (Fsp3) is 0.440. The van der Waals surface area contributed by atoms with Crippen molar-refractivity contribution in [3.05, 3.63) is 53.6 Å². The third-order valence-electron chi connectivity index (χ3n) is 4.50. The van der Waals surface area contributed by atoms with Crippen molar-refractivity contribution in [1.82, 2.24) is 0 Å². The molecular weight excluding hydrogens is 435 g/mol. The van der Waals surface area contributed by atoms with Crippen LogP contribution in [0.1, 0.15) is 56.0 Å². The fourth-order valence-corrected chi connectivity index (χ4v) is 2.83. The summed E-state index contributed by atoms with van der Waals surface area (Å²) in [5.41, 5.74) is 1.05. The molecule has 2 aromatic rings. The second-order valence-corrected chi connectivity index (χ2v) is 7.47. The van der Waals surface area contributed by atoms with Gasteiger partial charge in [-0.05, 0) is 49.9 Å². The maximum atomic E-state index is 11.6. The third-order valence-corrected chi connectivity index (χ3v) is 4.50. The van der Waals surface area contributed by atoms with E-state index in [0.717, 1.165) is 18.6 Å². The summed E-state index contributed by atoms with van der Waals surface area (Å²) in [6, 6.07) is 13.0. The number of carboxylic acids is 1. The van der Waals surface area contributed by atoms with E-state index in [0.29, 0.717) is 36.5 Å². The summed E-state index contributed by atoms with van der Waals surface area (Å²) in [7, 11) is 0. The van der Waals surface area contributed by atoms with Gasteiger partial charge < -0.3 is 29.6 Å². The minimum absolute atomic E-state index is 0. The van der Waals surface area contributed by atoms with Gasteiger partial charge in [-0.15, -0.1) is 0 Å². The van der Waals surface area contributed by atoms with Gasteiger partial charge in [0, 0.05) is 24.6 Å². The SMILES string of the molecule is CC(CO)CC(=O)[O-].CCCc1c(OCCCOc2ccccc2)ccc(C(C)=O)c1O.[Na+]. The molecule has 0 aliphatic heterocycles. The number of aliphatic carboxylic acids is 1. The number of carbonyl (C=O) groups excluding carboxylic acids is 2. The molecule has 0 amide bonds. The van der Waals surface area contributed by atoms with Crippen LogP contribution in [-0.2, 0) is 11.2 Å². The summed E-state index contributed by atoms with van der Waals surface area (Å²) >= 11 is 0. The number of benzene rings is 2. The number of phenols is 1. The van der Waals surface area contributed by atoms with Crippen LogP contribution in [0.5, 0.6) is 17.2 Å². The van der Waals surface area contributed by atoms with Crippen LogP contribution in [0.25, 0.3) is 0 Å². The average Bonchev–Trinajstić information content (AvgIpc) is 2.76. The van der Waals surface area contributed by atoms with Gasteiger partial charge in [0.25, 0.3) is 0 Å². The van der Waals surface area contributed by atoms with E-state index in [1.165, 1.54) is 6.92 Å². The van der Waals surface area contributed by atoms with Gasteiger partial charge in [0.1, 0.15) is 17.2 Å². The van der Waals surface area contributed by atoms with Gasteiger partial charge in [-0.25, -0.2) is 0 Å². The topological polar surface area (TPSA) is 116 Å². The molecule has 2 rings (SSSR count). The standard InChI is InChI=1S/C20H24O4.C5H10O3.Na/c1-3-8-18-19(12-11-17(15(2)21)20(18)22)24-14-7-13-23-16-9-5-4-6-10-16;1-4(3-6)2-5(7)8;/h4-6,9-12,22H,3,7-8,13-14H2,1-2H3;4,6H,2-3H2,1H3,(H,7,8);/q;;+1/p-1. The van der Waals surface area contributed by atoms with Crippen molar-refractivity contribution in [2.45, 2.75) is 46.5 Å². The summed E-state index contributed by atoms with van der Waals surface area (Å²) in [5, 5.41) is 28.3. The number of carbonyl (C=O) groups is 2. The summed E-state index contributed by atoms with van der Waals surface area (Å²) in [6.07, 6.45) is 2.21. The van der Waals surface area contributed by atoms with E-state index in [1.807, 2.05) is 37.3 Å². The molecule has 2 N–H and O–H groups in total. The maximum absolute atomic E-state index is 11.6. The summed E-state index contributed by atoms with van der Waals surface area (Å²) in [4.78, 5) is 21.3. The molecule has 0 saturated heterocycles. The number of ketones is 1. The minimum atomic E-state index is -1.11. The molecule has 0 aliphatic rings. The second kappa shape index (κ2) is 17.4. The number of aliphatic hydroxyl groups is 1. The quantitative estimate of drug-likeness (QED) is 0.259. The van der Waals surface area contributed by atoms with Gasteiger partial charge in [-0.2, -0.15) is 0 Å². The molecule has 2 aromatic carbocycles. The first-order chi connectivity index (χ1) is 15.3. The van der Waals surface area contributed by atoms with Crippen LogP contribution in [0.2, 0.25) is 0 Å². The summed E-state index contributed by atoms with van der Waals surface area (Å²) < 4.78 is 11.4. The van der Waals surface area contributed by atoms with Gasteiger partial charge in [-0.3, -0.25) is 4.79 Å². The molecule has 0 saturated carbocycles. The van der Waals surface area contributed by atoms with Gasteiger partial charge in [0.05, 0.1) is 18.8 Å². The molecule has 0 fully saturated rings. The number of Topliss-reactive ketones (excluding diaryl/α,β-unsaturated/α-hetero) is 1. The smallest absolute Gasteiger partial charge is 0.550 e. The second-order valence-electron chi connectivity index (χ2n) is 7.47. The molecule has 7 nitrogen and oxygen atoms in total. The fourth-order valence-electron chi connectivity index (χ4n) is 2.83. The van der Waals surface area contributed by atoms with E-state index in [9.17, 15) is 19.8 Å². The summed E-state index contributed by atoms with van der Waals surface area (Å²) in [5.74, 6) is 0.0910. The Morgan fingerprint density at radius 3 is 2.21 bits per heavy atom. The molecule has 8 heteroatoms. The number of para-hydroxylation sites is 1. The van der Waals surface area contributed by atoms with E-state index in [2.05, 4.69) is 0 Å². The van der Waals surface area contributed by atoms with Crippen LogP contribution in [0.15, 0.2) is 42.5 Å². The number of rotatable bonds is 12. The van der Waals surface area contributed by atoms with E-state index in [-0.39, 0.29) is 60.0 Å². The first-order valence-electron chi connectivity index (χ1n) is 10.8. The number of aromatic hydroxyl groups is 1. The van der Waals surface area contributed by atoms with Crippen LogP contribution in [0, 0.1) is 5.92 Å². The van der Waals surface area contributed by atoms with Gasteiger partial charge in [-0.1, -0.05) is 38.5 Å². The normalized spacial score (nSPS) is 10.8. The Hall–Kier alpha value is -2.06. The minimum Gasteiger partial charge on any atom is -0.550 e. The van der Waals surface area contributed by atoms with Crippen molar-refractivity contribution in [1.29, 1.82) is 0 Å². The number of carboxylic acid groups (broad SMARTS) is 1. The molecule has 0 bridgehead atoms. The van der Waals surface area contributed by atoms with Crippen molar-refractivity contribution in [3.63, 3.8) is 0 Å². The first kappa shape index (κ1) is 30.9. The molecule has 0 spiro atoms. The third kappa shape index (κ3) is 12.1. The number of hydrogen-bond acceptors (Lipinski definition) is 7. The predicted octanol–water partition coefficient (Wildman–Crippen LogP) is 0.154. The number of hydrogen-bond donors (Lipinski definition) is 2. The van der Waals surface area contributed by atoms with Crippen LogP contribution in [-0.4, -0.2) is 41.8 Å². The maximum Gasteiger partial charge on any atom is 1.00 e. The number of phenolic OH excluding ortho intramolecular Hbond substituents is 1. The molecule has 0 radical (unpaired) electrons. The van der Waals surface area contributed by atoms with E-state index < -0.39 is 5.97 Å². The Bertz CT molecular complexity index is 840. The van der Waals surface area contributed by atoms with Crippen LogP contribution in [0.4, 0.5) is 0 Å². The van der Waals surface area contributed by atoms with Gasteiger partial charge in [0.15, 0.2) is 5.78 Å². The van der Waals surface area contributed by atoms with Crippen LogP contribution >= 0.6 is 0 Å². The van der Waals surface area contributed by atoms with Crippen LogP contribution in [0.3, 0.4) is 0 Å². The monoisotopic (exact) mass is 468 g/mol. The van der Waals surface area contributed by atoms with Crippen molar-refractivity contribution >= 4 is 11.8 Å². The molecule has 33 heavy (non-hydrogen) atoms. The molecule has 0 heterocycles.